The Morgan fingerprint density at radius 2 is 1.47 bits per heavy atom. The Bertz CT molecular complexity index is 1260. The second kappa shape index (κ2) is 12.0. The summed E-state index contributed by atoms with van der Waals surface area (Å²) in [5.41, 5.74) is 0.645. The lowest BCUT2D eigenvalue weighted by Gasteiger charge is -2.27. The summed E-state index contributed by atoms with van der Waals surface area (Å²) in [7, 11) is 0. The molecule has 2 heterocycles. The monoisotopic (exact) mass is 544 g/mol. The molecule has 0 fully saturated rings. The molecule has 0 saturated carbocycles. The number of benzene rings is 1. The lowest BCUT2D eigenvalue weighted by Crippen LogP contribution is -2.49. The van der Waals surface area contributed by atoms with Gasteiger partial charge in [0.25, 0.3) is 17.7 Å². The number of imide groups is 1. The van der Waals surface area contributed by atoms with Gasteiger partial charge in [-0.1, -0.05) is 26.0 Å². The molecule has 1 aliphatic heterocycles. The van der Waals surface area contributed by atoms with Crippen molar-refractivity contribution in [2.45, 2.75) is 40.7 Å². The zero-order chi connectivity index (χ0) is 28.1. The number of nitrogens with zero attached hydrogens (tertiary/aromatic N) is 1. The molecule has 0 radical (unpaired) electrons. The first-order chi connectivity index (χ1) is 18.0. The molecule has 1 N–H and O–H groups in total. The summed E-state index contributed by atoms with van der Waals surface area (Å²) in [4.78, 5) is 77.2. The van der Waals surface area contributed by atoms with Crippen molar-refractivity contribution < 1.29 is 43.0 Å². The van der Waals surface area contributed by atoms with Crippen LogP contribution in [0.1, 0.15) is 74.0 Å². The van der Waals surface area contributed by atoms with Gasteiger partial charge in [0.05, 0.1) is 29.9 Å². The number of ether oxygens (including phenoxy) is 3. The third kappa shape index (κ3) is 5.59. The molecule has 3 amide bonds. The van der Waals surface area contributed by atoms with Gasteiger partial charge in [-0.05, 0) is 44.4 Å². The van der Waals surface area contributed by atoms with Crippen molar-refractivity contribution in [2.24, 2.45) is 5.92 Å². The van der Waals surface area contributed by atoms with E-state index in [4.69, 9.17) is 14.2 Å². The van der Waals surface area contributed by atoms with Crippen LogP contribution in [0.3, 0.4) is 0 Å². The van der Waals surface area contributed by atoms with Crippen LogP contribution in [-0.2, 0) is 23.8 Å². The predicted octanol–water partition coefficient (Wildman–Crippen LogP) is 3.21. The smallest absolute Gasteiger partial charge is 0.348 e. The fraction of sp³-hybridized carbons (Fsp3) is 0.385. The second-order valence-corrected chi connectivity index (χ2v) is 9.59. The van der Waals surface area contributed by atoms with Crippen LogP contribution >= 0.6 is 11.3 Å². The molecule has 1 unspecified atom stereocenters. The highest BCUT2D eigenvalue weighted by Crippen LogP contribution is 2.34. The van der Waals surface area contributed by atoms with Crippen LogP contribution < -0.4 is 5.32 Å². The maximum atomic E-state index is 13.0. The van der Waals surface area contributed by atoms with Gasteiger partial charge in [0.2, 0.25) is 0 Å². The molecule has 0 saturated heterocycles. The third-order valence-electron chi connectivity index (χ3n) is 5.66. The van der Waals surface area contributed by atoms with Crippen molar-refractivity contribution in [3.8, 4) is 0 Å². The normalized spacial score (nSPS) is 13.3. The highest BCUT2D eigenvalue weighted by Gasteiger charge is 2.44. The van der Waals surface area contributed by atoms with Gasteiger partial charge in [-0.3, -0.25) is 19.3 Å². The van der Waals surface area contributed by atoms with Crippen LogP contribution in [0.4, 0.5) is 5.00 Å². The van der Waals surface area contributed by atoms with Gasteiger partial charge in [0.1, 0.15) is 15.9 Å². The number of nitrogens with one attached hydrogen (secondary N) is 1. The van der Waals surface area contributed by atoms with E-state index in [-0.39, 0.29) is 45.3 Å². The molecule has 3 rings (SSSR count). The Hall–Kier alpha value is -4.06. The number of carbonyl (C=O) groups excluding carboxylic acids is 6. The molecule has 12 heteroatoms. The summed E-state index contributed by atoms with van der Waals surface area (Å²) in [6, 6.07) is 4.97. The Kier molecular flexibility index (Phi) is 9.00. The van der Waals surface area contributed by atoms with E-state index in [1.165, 1.54) is 19.1 Å². The first-order valence-corrected chi connectivity index (χ1v) is 12.8. The fourth-order valence-electron chi connectivity index (χ4n) is 3.96. The lowest BCUT2D eigenvalue weighted by atomic mass is 10.0. The number of carbonyl (C=O) groups is 6. The molecule has 1 aromatic carbocycles. The van der Waals surface area contributed by atoms with Crippen LogP contribution in [0.5, 0.6) is 0 Å². The molecular weight excluding hydrogens is 516 g/mol. The SMILES string of the molecule is CCOC(=O)c1sc(NC(=O)COC(=O)C(C(C)C)N2C(=O)c3ccccc3C2=O)c(C(=O)OCC)c1C. The number of fused-ring (bicyclic) bond motifs is 1. The summed E-state index contributed by atoms with van der Waals surface area (Å²) < 4.78 is 15.2. The van der Waals surface area contributed by atoms with Crippen molar-refractivity contribution in [2.75, 3.05) is 25.1 Å². The first kappa shape index (κ1) is 28.5. The second-order valence-electron chi connectivity index (χ2n) is 8.57. The molecule has 1 aliphatic rings. The van der Waals surface area contributed by atoms with Crippen LogP contribution in [0.25, 0.3) is 0 Å². The summed E-state index contributed by atoms with van der Waals surface area (Å²) >= 11 is 0.831. The largest absolute Gasteiger partial charge is 0.462 e. The highest BCUT2D eigenvalue weighted by molar-refractivity contribution is 7.18. The summed E-state index contributed by atoms with van der Waals surface area (Å²) in [5.74, 6) is -4.89. The van der Waals surface area contributed by atoms with Gasteiger partial charge in [-0.15, -0.1) is 11.3 Å². The van der Waals surface area contributed by atoms with Gasteiger partial charge >= 0.3 is 17.9 Å². The number of rotatable bonds is 10. The molecular formula is C26H28N2O9S. The molecule has 2 aromatic rings. The van der Waals surface area contributed by atoms with Crippen LogP contribution in [0.15, 0.2) is 24.3 Å². The van der Waals surface area contributed by atoms with Crippen LogP contribution in [-0.4, -0.2) is 66.4 Å². The number of anilines is 1. The van der Waals surface area contributed by atoms with Crippen molar-refractivity contribution in [1.82, 2.24) is 4.90 Å². The number of esters is 3. The van der Waals surface area contributed by atoms with E-state index >= 15 is 0 Å². The molecule has 0 bridgehead atoms. The average Bonchev–Trinajstić information content (AvgIpc) is 3.32. The Morgan fingerprint density at radius 3 is 2.00 bits per heavy atom. The summed E-state index contributed by atoms with van der Waals surface area (Å²) in [6.07, 6.45) is 0. The van der Waals surface area contributed by atoms with E-state index in [0.717, 1.165) is 16.2 Å². The summed E-state index contributed by atoms with van der Waals surface area (Å²) in [5, 5.41) is 2.51. The van der Waals surface area contributed by atoms with E-state index < -0.39 is 54.2 Å². The van der Waals surface area contributed by atoms with Crippen LogP contribution in [0.2, 0.25) is 0 Å². The van der Waals surface area contributed by atoms with E-state index in [2.05, 4.69) is 5.32 Å². The van der Waals surface area contributed by atoms with E-state index in [0.29, 0.717) is 0 Å². The predicted molar refractivity (Wildman–Crippen MR) is 136 cm³/mol. The Labute approximate surface area is 223 Å². The fourth-order valence-corrected chi connectivity index (χ4v) is 5.07. The highest BCUT2D eigenvalue weighted by atomic mass is 32.1. The minimum Gasteiger partial charge on any atom is -0.462 e. The number of hydrogen-bond donors (Lipinski definition) is 1. The van der Waals surface area contributed by atoms with Gasteiger partial charge in [0, 0.05) is 0 Å². The topological polar surface area (TPSA) is 145 Å². The Balaban J connectivity index is 1.76. The summed E-state index contributed by atoms with van der Waals surface area (Å²) in [6.45, 7) is 7.49. The molecule has 1 aromatic heterocycles. The third-order valence-corrected chi connectivity index (χ3v) is 6.85. The van der Waals surface area contributed by atoms with E-state index in [1.54, 1.807) is 39.8 Å². The zero-order valence-electron chi connectivity index (χ0n) is 21.6. The number of amides is 3. The van der Waals surface area contributed by atoms with Gasteiger partial charge in [0.15, 0.2) is 6.61 Å². The standard InChI is InChI=1S/C26H28N2O9S/c1-6-35-24(32)18-14(5)20(26(34)36-7-2)38-21(18)27-17(29)12-37-25(33)19(13(3)4)28-22(30)15-10-8-9-11-16(15)23(28)31/h8-11,13,19H,6-7,12H2,1-5H3,(H,27,29). The molecule has 1 atom stereocenters. The molecule has 0 aliphatic carbocycles. The molecule has 202 valence electrons. The van der Waals surface area contributed by atoms with E-state index in [9.17, 15) is 28.8 Å². The Morgan fingerprint density at radius 1 is 0.921 bits per heavy atom. The first-order valence-electron chi connectivity index (χ1n) is 11.9. The van der Waals surface area contributed by atoms with E-state index in [1.807, 2.05) is 0 Å². The van der Waals surface area contributed by atoms with Gasteiger partial charge < -0.3 is 19.5 Å². The van der Waals surface area contributed by atoms with Crippen molar-refractivity contribution in [3.63, 3.8) is 0 Å². The minimum absolute atomic E-state index is 0.00865. The van der Waals surface area contributed by atoms with Crippen molar-refractivity contribution >= 4 is 52.0 Å². The van der Waals surface area contributed by atoms with Crippen LogP contribution in [0, 0.1) is 12.8 Å². The van der Waals surface area contributed by atoms with Gasteiger partial charge in [-0.25, -0.2) is 14.4 Å². The average molecular weight is 545 g/mol. The van der Waals surface area contributed by atoms with Gasteiger partial charge in [-0.2, -0.15) is 0 Å². The quantitative estimate of drug-likeness (QED) is 0.271. The number of hydrogen-bond acceptors (Lipinski definition) is 10. The number of thiophene rings is 1. The molecule has 11 nitrogen and oxygen atoms in total. The minimum atomic E-state index is -1.26. The molecule has 0 spiro atoms. The zero-order valence-corrected chi connectivity index (χ0v) is 22.4. The van der Waals surface area contributed by atoms with Crippen molar-refractivity contribution in [1.29, 1.82) is 0 Å². The van der Waals surface area contributed by atoms with Crippen molar-refractivity contribution in [3.05, 3.63) is 51.4 Å². The maximum Gasteiger partial charge on any atom is 0.348 e. The molecule has 38 heavy (non-hydrogen) atoms. The maximum absolute atomic E-state index is 13.0. The lowest BCUT2D eigenvalue weighted by molar-refractivity contribution is -0.152.